The Morgan fingerprint density at radius 1 is 1.32 bits per heavy atom. The molecule has 0 saturated heterocycles. The third kappa shape index (κ3) is 4.95. The van der Waals surface area contributed by atoms with Gasteiger partial charge in [-0.05, 0) is 32.9 Å². The van der Waals surface area contributed by atoms with Crippen molar-refractivity contribution < 1.29 is 19.1 Å². The van der Waals surface area contributed by atoms with Gasteiger partial charge in [0.15, 0.2) is 6.04 Å². The molecule has 6 heteroatoms. The standard InChI is InChI=1S/C13H18N2O4/c1-13(2,3)19-12(17)15-10(11(16)18-4)9-7-5-6-8-14-9/h5-8,10H,1-4H3,(H,15,17)/t10-/m0/s1. The maximum Gasteiger partial charge on any atom is 0.408 e. The number of nitrogens with one attached hydrogen (secondary N) is 1. The zero-order chi connectivity index (χ0) is 14.5. The fourth-order valence-corrected chi connectivity index (χ4v) is 1.34. The molecule has 1 aromatic rings. The van der Waals surface area contributed by atoms with Gasteiger partial charge in [-0.15, -0.1) is 0 Å². The zero-order valence-corrected chi connectivity index (χ0v) is 11.5. The van der Waals surface area contributed by atoms with Gasteiger partial charge in [0, 0.05) is 6.20 Å². The molecule has 1 amide bonds. The van der Waals surface area contributed by atoms with E-state index in [1.54, 1.807) is 39.0 Å². The van der Waals surface area contributed by atoms with Crippen LogP contribution in [0.3, 0.4) is 0 Å². The lowest BCUT2D eigenvalue weighted by atomic mass is 10.2. The lowest BCUT2D eigenvalue weighted by Gasteiger charge is -2.22. The second-order valence-corrected chi connectivity index (χ2v) is 4.86. The summed E-state index contributed by atoms with van der Waals surface area (Å²) in [6, 6.07) is 4.07. The smallest absolute Gasteiger partial charge is 0.408 e. The monoisotopic (exact) mass is 266 g/mol. The van der Waals surface area contributed by atoms with Crippen LogP contribution in [-0.4, -0.2) is 29.8 Å². The molecule has 1 rings (SSSR count). The molecule has 6 nitrogen and oxygen atoms in total. The summed E-state index contributed by atoms with van der Waals surface area (Å²) < 4.78 is 9.75. The average Bonchev–Trinajstić information content (AvgIpc) is 2.34. The van der Waals surface area contributed by atoms with Gasteiger partial charge in [0.2, 0.25) is 0 Å². The topological polar surface area (TPSA) is 77.5 Å². The lowest BCUT2D eigenvalue weighted by molar-refractivity contribution is -0.143. The molecular weight excluding hydrogens is 248 g/mol. The zero-order valence-electron chi connectivity index (χ0n) is 11.5. The minimum Gasteiger partial charge on any atom is -0.467 e. The fourth-order valence-electron chi connectivity index (χ4n) is 1.34. The van der Waals surface area contributed by atoms with Crippen molar-refractivity contribution in [2.24, 2.45) is 0 Å². The first-order valence-electron chi connectivity index (χ1n) is 5.82. The second kappa shape index (κ2) is 6.17. The largest absolute Gasteiger partial charge is 0.467 e. The van der Waals surface area contributed by atoms with E-state index in [1.807, 2.05) is 0 Å². The quantitative estimate of drug-likeness (QED) is 0.844. The summed E-state index contributed by atoms with van der Waals surface area (Å²) in [6.45, 7) is 5.21. The third-order valence-electron chi connectivity index (χ3n) is 2.08. The molecule has 0 spiro atoms. The molecule has 104 valence electrons. The first-order chi connectivity index (χ1) is 8.83. The molecule has 0 aliphatic rings. The predicted molar refractivity (Wildman–Crippen MR) is 68.4 cm³/mol. The average molecular weight is 266 g/mol. The van der Waals surface area contributed by atoms with Gasteiger partial charge in [0.05, 0.1) is 12.8 Å². The van der Waals surface area contributed by atoms with Crippen LogP contribution in [0.1, 0.15) is 32.5 Å². The van der Waals surface area contributed by atoms with Crippen molar-refractivity contribution in [3.8, 4) is 0 Å². The van der Waals surface area contributed by atoms with Gasteiger partial charge >= 0.3 is 12.1 Å². The van der Waals surface area contributed by atoms with Gasteiger partial charge in [-0.3, -0.25) is 4.98 Å². The van der Waals surface area contributed by atoms with Crippen LogP contribution in [0, 0.1) is 0 Å². The second-order valence-electron chi connectivity index (χ2n) is 4.86. The molecule has 19 heavy (non-hydrogen) atoms. The first-order valence-corrected chi connectivity index (χ1v) is 5.82. The molecule has 1 aromatic heterocycles. The van der Waals surface area contributed by atoms with Crippen molar-refractivity contribution in [2.75, 3.05) is 7.11 Å². The van der Waals surface area contributed by atoms with E-state index in [4.69, 9.17) is 4.74 Å². The summed E-state index contributed by atoms with van der Waals surface area (Å²) in [5.74, 6) is -0.607. The molecule has 1 N–H and O–H groups in total. The molecule has 0 aliphatic heterocycles. The number of pyridine rings is 1. The van der Waals surface area contributed by atoms with Gasteiger partial charge in [0.1, 0.15) is 5.60 Å². The van der Waals surface area contributed by atoms with Crippen LogP contribution >= 0.6 is 0 Å². The maximum absolute atomic E-state index is 11.7. The lowest BCUT2D eigenvalue weighted by Crippen LogP contribution is -2.38. The minimum absolute atomic E-state index is 0.389. The number of esters is 1. The highest BCUT2D eigenvalue weighted by Crippen LogP contribution is 2.13. The first kappa shape index (κ1) is 14.9. The SMILES string of the molecule is COC(=O)[C@@H](NC(=O)OC(C)(C)C)c1ccccn1. The number of alkyl carbamates (subject to hydrolysis) is 1. The van der Waals surface area contributed by atoms with E-state index in [0.29, 0.717) is 5.69 Å². The van der Waals surface area contributed by atoms with Crippen LogP contribution in [0.2, 0.25) is 0 Å². The third-order valence-corrected chi connectivity index (χ3v) is 2.08. The van der Waals surface area contributed by atoms with Gasteiger partial charge in [0.25, 0.3) is 0 Å². The Labute approximate surface area is 112 Å². The van der Waals surface area contributed by atoms with Crippen LogP contribution in [0.5, 0.6) is 0 Å². The van der Waals surface area contributed by atoms with E-state index in [9.17, 15) is 9.59 Å². The number of methoxy groups -OCH3 is 1. The molecule has 0 fully saturated rings. The Balaban J connectivity index is 2.83. The van der Waals surface area contributed by atoms with Crippen LogP contribution in [0.15, 0.2) is 24.4 Å². The van der Waals surface area contributed by atoms with Crippen LogP contribution in [0.4, 0.5) is 4.79 Å². The van der Waals surface area contributed by atoms with Crippen molar-refractivity contribution in [3.63, 3.8) is 0 Å². The molecule has 1 heterocycles. The highest BCUT2D eigenvalue weighted by atomic mass is 16.6. The molecule has 0 radical (unpaired) electrons. The predicted octanol–water partition coefficient (Wildman–Crippen LogP) is 1.82. The van der Waals surface area contributed by atoms with Gasteiger partial charge < -0.3 is 14.8 Å². The molecule has 0 saturated carbocycles. The number of ether oxygens (including phenoxy) is 2. The fraction of sp³-hybridized carbons (Fsp3) is 0.462. The Kier molecular flexibility index (Phi) is 4.86. The van der Waals surface area contributed by atoms with Crippen molar-refractivity contribution >= 4 is 12.1 Å². The summed E-state index contributed by atoms with van der Waals surface area (Å²) in [5, 5.41) is 2.44. The minimum atomic E-state index is -0.985. The molecule has 0 aromatic carbocycles. The molecular formula is C13H18N2O4. The van der Waals surface area contributed by atoms with Crippen LogP contribution < -0.4 is 5.32 Å². The summed E-state index contributed by atoms with van der Waals surface area (Å²) >= 11 is 0. The normalized spacial score (nSPS) is 12.4. The highest BCUT2D eigenvalue weighted by molar-refractivity contribution is 5.82. The van der Waals surface area contributed by atoms with E-state index in [-0.39, 0.29) is 0 Å². The van der Waals surface area contributed by atoms with Crippen molar-refractivity contribution in [1.82, 2.24) is 10.3 Å². The van der Waals surface area contributed by atoms with Crippen LogP contribution in [-0.2, 0) is 14.3 Å². The number of hydrogen-bond donors (Lipinski definition) is 1. The van der Waals surface area contributed by atoms with Crippen molar-refractivity contribution in [3.05, 3.63) is 30.1 Å². The van der Waals surface area contributed by atoms with Gasteiger partial charge in [-0.2, -0.15) is 0 Å². The molecule has 1 atom stereocenters. The number of amides is 1. The van der Waals surface area contributed by atoms with Gasteiger partial charge in [-0.25, -0.2) is 9.59 Å². The Hall–Kier alpha value is -2.11. The van der Waals surface area contributed by atoms with E-state index in [2.05, 4.69) is 15.0 Å². The highest BCUT2D eigenvalue weighted by Gasteiger charge is 2.27. The van der Waals surface area contributed by atoms with E-state index >= 15 is 0 Å². The Morgan fingerprint density at radius 3 is 2.47 bits per heavy atom. The number of aromatic nitrogens is 1. The van der Waals surface area contributed by atoms with Crippen molar-refractivity contribution in [1.29, 1.82) is 0 Å². The molecule has 0 aliphatic carbocycles. The number of nitrogens with zero attached hydrogens (tertiary/aromatic N) is 1. The summed E-state index contributed by atoms with van der Waals surface area (Å²) in [7, 11) is 1.25. The number of carbonyl (C=O) groups is 2. The summed E-state index contributed by atoms with van der Waals surface area (Å²) in [5.41, 5.74) is -0.255. The van der Waals surface area contributed by atoms with E-state index in [1.165, 1.54) is 13.3 Å². The number of hydrogen-bond acceptors (Lipinski definition) is 5. The van der Waals surface area contributed by atoms with Gasteiger partial charge in [-0.1, -0.05) is 6.07 Å². The number of rotatable bonds is 3. The van der Waals surface area contributed by atoms with E-state index in [0.717, 1.165) is 0 Å². The van der Waals surface area contributed by atoms with Crippen molar-refractivity contribution in [2.45, 2.75) is 32.4 Å². The van der Waals surface area contributed by atoms with E-state index < -0.39 is 23.7 Å². The summed E-state index contributed by atoms with van der Waals surface area (Å²) in [4.78, 5) is 27.4. The van der Waals surface area contributed by atoms with Crippen LogP contribution in [0.25, 0.3) is 0 Å². The molecule has 0 bridgehead atoms. The Morgan fingerprint density at radius 2 is 2.00 bits per heavy atom. The Bertz CT molecular complexity index is 440. The summed E-state index contributed by atoms with van der Waals surface area (Å²) in [6.07, 6.45) is 0.829. The molecule has 0 unspecified atom stereocenters. The number of carbonyl (C=O) groups excluding carboxylic acids is 2. The maximum atomic E-state index is 11.7.